The maximum absolute atomic E-state index is 11.7. The topological polar surface area (TPSA) is 79.2 Å². The van der Waals surface area contributed by atoms with Crippen LogP contribution in [0.4, 0.5) is 5.69 Å². The second-order valence-electron chi connectivity index (χ2n) is 4.83. The lowest BCUT2D eigenvalue weighted by atomic mass is 10.1. The van der Waals surface area contributed by atoms with Gasteiger partial charge in [-0.3, -0.25) is 9.59 Å². The first-order valence-electron chi connectivity index (χ1n) is 6.65. The highest BCUT2D eigenvalue weighted by Crippen LogP contribution is 2.25. The molecule has 1 fully saturated rings. The summed E-state index contributed by atoms with van der Waals surface area (Å²) in [5.74, 6) is -0.737. The van der Waals surface area contributed by atoms with Crippen LogP contribution in [0.1, 0.15) is 31.2 Å². The number of esters is 1. The molecule has 1 aliphatic rings. The van der Waals surface area contributed by atoms with Crippen LogP contribution in [0.5, 0.6) is 0 Å². The zero-order valence-electron chi connectivity index (χ0n) is 11.1. The molecule has 1 aliphatic carbocycles. The van der Waals surface area contributed by atoms with Gasteiger partial charge in [-0.1, -0.05) is 18.9 Å². The first-order valence-corrected chi connectivity index (χ1v) is 6.65. The monoisotopic (exact) mass is 272 g/mol. The summed E-state index contributed by atoms with van der Waals surface area (Å²) in [4.78, 5) is 23.3. The largest absolute Gasteiger partial charge is 0.455 e. The molecule has 5 nitrogen and oxygen atoms in total. The highest BCUT2D eigenvalue weighted by molar-refractivity contribution is 5.93. The van der Waals surface area contributed by atoms with Crippen molar-refractivity contribution >= 4 is 17.6 Å². The predicted molar refractivity (Wildman–Crippen MR) is 72.7 cm³/mol. The van der Waals surface area contributed by atoms with Gasteiger partial charge in [0.1, 0.15) is 0 Å². The van der Waals surface area contributed by atoms with E-state index < -0.39 is 5.91 Å². The van der Waals surface area contributed by atoms with Crippen molar-refractivity contribution in [3.63, 3.8) is 0 Å². The molecule has 0 aromatic heterocycles. The first kappa shape index (κ1) is 14.1. The van der Waals surface area contributed by atoms with E-state index in [9.17, 15) is 9.59 Å². The summed E-state index contributed by atoms with van der Waals surface area (Å²) in [6, 6.07) is 8.56. The van der Waals surface area contributed by atoms with E-state index in [0.717, 1.165) is 25.7 Å². The van der Waals surface area contributed by atoms with Gasteiger partial charge in [0.05, 0.1) is 17.6 Å². The number of amides is 1. The molecule has 0 saturated heterocycles. The number of benzene rings is 1. The van der Waals surface area contributed by atoms with Crippen LogP contribution in [0.2, 0.25) is 0 Å². The maximum atomic E-state index is 11.7. The number of nitrogens with one attached hydrogen (secondary N) is 1. The van der Waals surface area contributed by atoms with E-state index in [-0.39, 0.29) is 18.5 Å². The van der Waals surface area contributed by atoms with Crippen LogP contribution in [0.25, 0.3) is 0 Å². The molecule has 0 unspecified atom stereocenters. The van der Waals surface area contributed by atoms with Crippen molar-refractivity contribution in [1.82, 2.24) is 0 Å². The number of ether oxygens (including phenoxy) is 1. The van der Waals surface area contributed by atoms with Gasteiger partial charge in [0.2, 0.25) is 0 Å². The molecule has 0 bridgehead atoms. The predicted octanol–water partition coefficient (Wildman–Crippen LogP) is 2.23. The van der Waals surface area contributed by atoms with E-state index in [4.69, 9.17) is 10.00 Å². The fourth-order valence-electron chi connectivity index (χ4n) is 2.28. The number of carbonyl (C=O) groups excluding carboxylic acids is 2. The molecule has 0 radical (unpaired) electrons. The summed E-state index contributed by atoms with van der Waals surface area (Å²) < 4.78 is 5.00. The Morgan fingerprint density at radius 2 is 2.10 bits per heavy atom. The van der Waals surface area contributed by atoms with Crippen LogP contribution in [0, 0.1) is 17.2 Å². The van der Waals surface area contributed by atoms with Gasteiger partial charge in [-0.15, -0.1) is 0 Å². The van der Waals surface area contributed by atoms with E-state index in [1.807, 2.05) is 6.07 Å². The zero-order valence-corrected chi connectivity index (χ0v) is 11.1. The third-order valence-corrected chi connectivity index (χ3v) is 3.31. The molecule has 0 spiro atoms. The van der Waals surface area contributed by atoms with Crippen molar-refractivity contribution in [3.8, 4) is 6.07 Å². The van der Waals surface area contributed by atoms with Crippen molar-refractivity contribution < 1.29 is 14.3 Å². The third kappa shape index (κ3) is 3.82. The highest BCUT2D eigenvalue weighted by atomic mass is 16.5. The van der Waals surface area contributed by atoms with Crippen LogP contribution < -0.4 is 5.32 Å². The Balaban J connectivity index is 1.80. The third-order valence-electron chi connectivity index (χ3n) is 3.31. The fourth-order valence-corrected chi connectivity index (χ4v) is 2.28. The van der Waals surface area contributed by atoms with Crippen molar-refractivity contribution in [3.05, 3.63) is 29.8 Å². The van der Waals surface area contributed by atoms with Crippen molar-refractivity contribution in [2.45, 2.75) is 25.7 Å². The average Bonchev–Trinajstić information content (AvgIpc) is 2.99. The number of hydrogen-bond donors (Lipinski definition) is 1. The molecule has 1 aromatic rings. The van der Waals surface area contributed by atoms with Gasteiger partial charge in [-0.25, -0.2) is 0 Å². The Labute approximate surface area is 117 Å². The molecule has 5 heteroatoms. The molecule has 2 rings (SSSR count). The van der Waals surface area contributed by atoms with Gasteiger partial charge in [0.25, 0.3) is 5.91 Å². The number of nitriles is 1. The molecule has 0 aliphatic heterocycles. The minimum absolute atomic E-state index is 0.0512. The van der Waals surface area contributed by atoms with Gasteiger partial charge in [-0.05, 0) is 31.0 Å². The van der Waals surface area contributed by atoms with E-state index >= 15 is 0 Å². The zero-order chi connectivity index (χ0) is 14.4. The standard InChI is InChI=1S/C15H16N2O3/c16-9-11-4-3-7-13(8-11)17-14(18)10-20-15(19)12-5-1-2-6-12/h3-4,7-8,12H,1-2,5-6,10H2,(H,17,18). The Bertz CT molecular complexity index is 542. The first-order chi connectivity index (χ1) is 9.69. The Hall–Kier alpha value is -2.35. The Morgan fingerprint density at radius 1 is 1.35 bits per heavy atom. The van der Waals surface area contributed by atoms with Crippen LogP contribution in [-0.2, 0) is 14.3 Å². The summed E-state index contributed by atoms with van der Waals surface area (Å²) in [6.45, 7) is -0.286. The number of rotatable bonds is 4. The van der Waals surface area contributed by atoms with Crippen LogP contribution in [0.15, 0.2) is 24.3 Å². The van der Waals surface area contributed by atoms with Crippen LogP contribution >= 0.6 is 0 Å². The lowest BCUT2D eigenvalue weighted by molar-refractivity contribution is -0.151. The van der Waals surface area contributed by atoms with E-state index in [2.05, 4.69) is 5.32 Å². The molecular formula is C15H16N2O3. The molecule has 1 N–H and O–H groups in total. The van der Waals surface area contributed by atoms with E-state index in [1.54, 1.807) is 24.3 Å². The Morgan fingerprint density at radius 3 is 2.80 bits per heavy atom. The van der Waals surface area contributed by atoms with Gasteiger partial charge >= 0.3 is 5.97 Å². The summed E-state index contributed by atoms with van der Waals surface area (Å²) in [6.07, 6.45) is 3.80. The minimum atomic E-state index is -0.397. The molecule has 1 saturated carbocycles. The fraction of sp³-hybridized carbons (Fsp3) is 0.400. The minimum Gasteiger partial charge on any atom is -0.455 e. The average molecular weight is 272 g/mol. The van der Waals surface area contributed by atoms with Crippen molar-refractivity contribution in [1.29, 1.82) is 5.26 Å². The van der Waals surface area contributed by atoms with Crippen LogP contribution in [-0.4, -0.2) is 18.5 Å². The van der Waals surface area contributed by atoms with Crippen molar-refractivity contribution in [2.24, 2.45) is 5.92 Å². The Kier molecular flexibility index (Phi) is 4.72. The van der Waals surface area contributed by atoms with E-state index in [0.29, 0.717) is 11.3 Å². The lowest BCUT2D eigenvalue weighted by Crippen LogP contribution is -2.23. The second-order valence-corrected chi connectivity index (χ2v) is 4.83. The summed E-state index contributed by atoms with van der Waals surface area (Å²) in [5, 5.41) is 11.4. The van der Waals surface area contributed by atoms with Crippen molar-refractivity contribution in [2.75, 3.05) is 11.9 Å². The van der Waals surface area contributed by atoms with Gasteiger partial charge in [-0.2, -0.15) is 5.26 Å². The molecule has 0 heterocycles. The van der Waals surface area contributed by atoms with Gasteiger partial charge in [0.15, 0.2) is 6.61 Å². The normalized spacial score (nSPS) is 14.6. The molecule has 1 amide bonds. The second kappa shape index (κ2) is 6.71. The summed E-state index contributed by atoms with van der Waals surface area (Å²) >= 11 is 0. The quantitative estimate of drug-likeness (QED) is 0.852. The van der Waals surface area contributed by atoms with Gasteiger partial charge < -0.3 is 10.1 Å². The lowest BCUT2D eigenvalue weighted by Gasteiger charge is -2.10. The SMILES string of the molecule is N#Cc1cccc(NC(=O)COC(=O)C2CCCC2)c1. The molecule has 0 atom stereocenters. The molecule has 20 heavy (non-hydrogen) atoms. The van der Waals surface area contributed by atoms with E-state index in [1.165, 1.54) is 0 Å². The number of anilines is 1. The molecule has 104 valence electrons. The van der Waals surface area contributed by atoms with Crippen LogP contribution in [0.3, 0.4) is 0 Å². The molecule has 1 aromatic carbocycles. The number of hydrogen-bond acceptors (Lipinski definition) is 4. The number of carbonyl (C=O) groups is 2. The maximum Gasteiger partial charge on any atom is 0.309 e. The number of nitrogens with zero attached hydrogens (tertiary/aromatic N) is 1. The summed E-state index contributed by atoms with van der Waals surface area (Å²) in [7, 11) is 0. The summed E-state index contributed by atoms with van der Waals surface area (Å²) in [5.41, 5.74) is 0.983. The smallest absolute Gasteiger partial charge is 0.309 e. The molecular weight excluding hydrogens is 256 g/mol. The van der Waals surface area contributed by atoms with Gasteiger partial charge in [0, 0.05) is 5.69 Å². The highest BCUT2D eigenvalue weighted by Gasteiger charge is 2.24.